The van der Waals surface area contributed by atoms with Crippen molar-refractivity contribution in [1.29, 1.82) is 0 Å². The maximum atomic E-state index is 5.43. The van der Waals surface area contributed by atoms with Crippen LogP contribution in [0.25, 0.3) is 0 Å². The van der Waals surface area contributed by atoms with Crippen molar-refractivity contribution in [3.63, 3.8) is 0 Å². The topological polar surface area (TPSA) is 68.8 Å². The lowest BCUT2D eigenvalue weighted by molar-refractivity contribution is 0.403. The zero-order valence-corrected chi connectivity index (χ0v) is 9.12. The van der Waals surface area contributed by atoms with E-state index in [1.165, 1.54) is 0 Å². The predicted octanol–water partition coefficient (Wildman–Crippen LogP) is 0.125. The first-order chi connectivity index (χ1) is 6.51. The lowest BCUT2D eigenvalue weighted by Crippen LogP contribution is -2.37. The van der Waals surface area contributed by atoms with E-state index in [0.717, 1.165) is 18.8 Å². The van der Waals surface area contributed by atoms with Crippen LogP contribution in [-0.2, 0) is 13.1 Å². The Bertz CT molecular complexity index is 273. The van der Waals surface area contributed by atoms with Gasteiger partial charge in [-0.1, -0.05) is 5.21 Å². The zero-order chi connectivity index (χ0) is 10.6. The summed E-state index contributed by atoms with van der Waals surface area (Å²) < 4.78 is 1.81. The predicted molar refractivity (Wildman–Crippen MR) is 55.7 cm³/mol. The summed E-state index contributed by atoms with van der Waals surface area (Å²) in [5.74, 6) is 0. The third-order valence-electron chi connectivity index (χ3n) is 1.79. The molecule has 0 aliphatic heterocycles. The average Bonchev–Trinajstić information content (AvgIpc) is 2.50. The summed E-state index contributed by atoms with van der Waals surface area (Å²) in [7, 11) is 0. The van der Waals surface area contributed by atoms with E-state index in [1.807, 2.05) is 6.20 Å². The summed E-state index contributed by atoms with van der Waals surface area (Å²) >= 11 is 0. The Kier molecular flexibility index (Phi) is 3.60. The molecule has 0 aliphatic carbocycles. The molecule has 80 valence electrons. The minimum atomic E-state index is 0.150. The SMILES string of the molecule is CC(C)(C)NCCn1cc(CN)nn1. The lowest BCUT2D eigenvalue weighted by atomic mass is 10.1. The van der Waals surface area contributed by atoms with Gasteiger partial charge in [0.15, 0.2) is 0 Å². The Balaban J connectivity index is 2.31. The quantitative estimate of drug-likeness (QED) is 0.719. The summed E-state index contributed by atoms with van der Waals surface area (Å²) in [6.07, 6.45) is 1.88. The number of aromatic nitrogens is 3. The molecule has 0 fully saturated rings. The molecule has 0 bridgehead atoms. The Morgan fingerprint density at radius 1 is 1.50 bits per heavy atom. The van der Waals surface area contributed by atoms with Crippen LogP contribution in [0.4, 0.5) is 0 Å². The monoisotopic (exact) mass is 197 g/mol. The fourth-order valence-corrected chi connectivity index (χ4v) is 1.09. The number of nitrogens with one attached hydrogen (secondary N) is 1. The lowest BCUT2D eigenvalue weighted by Gasteiger charge is -2.20. The summed E-state index contributed by atoms with van der Waals surface area (Å²) in [4.78, 5) is 0. The second kappa shape index (κ2) is 4.52. The van der Waals surface area contributed by atoms with Crippen LogP contribution < -0.4 is 11.1 Å². The first kappa shape index (κ1) is 11.1. The fourth-order valence-electron chi connectivity index (χ4n) is 1.09. The molecular weight excluding hydrogens is 178 g/mol. The zero-order valence-electron chi connectivity index (χ0n) is 9.12. The first-order valence-corrected chi connectivity index (χ1v) is 4.85. The first-order valence-electron chi connectivity index (χ1n) is 4.85. The van der Waals surface area contributed by atoms with Crippen molar-refractivity contribution in [2.45, 2.75) is 39.4 Å². The van der Waals surface area contributed by atoms with Gasteiger partial charge in [0, 0.05) is 24.8 Å². The molecule has 5 nitrogen and oxygen atoms in total. The van der Waals surface area contributed by atoms with E-state index >= 15 is 0 Å². The highest BCUT2D eigenvalue weighted by molar-refractivity contribution is 4.90. The van der Waals surface area contributed by atoms with Crippen molar-refractivity contribution in [3.05, 3.63) is 11.9 Å². The van der Waals surface area contributed by atoms with Gasteiger partial charge in [0.05, 0.1) is 12.2 Å². The normalized spacial score (nSPS) is 12.0. The second-order valence-electron chi connectivity index (χ2n) is 4.35. The molecule has 1 heterocycles. The number of nitrogens with two attached hydrogens (primary N) is 1. The van der Waals surface area contributed by atoms with Gasteiger partial charge in [0.25, 0.3) is 0 Å². The van der Waals surface area contributed by atoms with Crippen molar-refractivity contribution in [2.24, 2.45) is 5.73 Å². The maximum Gasteiger partial charge on any atom is 0.0962 e. The van der Waals surface area contributed by atoms with Gasteiger partial charge < -0.3 is 11.1 Å². The van der Waals surface area contributed by atoms with Crippen LogP contribution in [0.5, 0.6) is 0 Å². The van der Waals surface area contributed by atoms with Crippen LogP contribution in [0.1, 0.15) is 26.5 Å². The van der Waals surface area contributed by atoms with Gasteiger partial charge >= 0.3 is 0 Å². The highest BCUT2D eigenvalue weighted by Gasteiger charge is 2.07. The van der Waals surface area contributed by atoms with Gasteiger partial charge in [-0.05, 0) is 20.8 Å². The van der Waals surface area contributed by atoms with Crippen molar-refractivity contribution >= 4 is 0 Å². The van der Waals surface area contributed by atoms with Crippen LogP contribution in [0.3, 0.4) is 0 Å². The smallest absolute Gasteiger partial charge is 0.0962 e. The van der Waals surface area contributed by atoms with Gasteiger partial charge in [-0.15, -0.1) is 5.10 Å². The molecule has 0 saturated carbocycles. The van der Waals surface area contributed by atoms with Crippen molar-refractivity contribution < 1.29 is 0 Å². The molecule has 0 spiro atoms. The molecule has 5 heteroatoms. The highest BCUT2D eigenvalue weighted by atomic mass is 15.4. The molecule has 14 heavy (non-hydrogen) atoms. The van der Waals surface area contributed by atoms with Crippen LogP contribution >= 0.6 is 0 Å². The van der Waals surface area contributed by atoms with Crippen molar-refractivity contribution in [1.82, 2.24) is 20.3 Å². The van der Waals surface area contributed by atoms with Gasteiger partial charge in [-0.3, -0.25) is 4.68 Å². The number of rotatable bonds is 4. The summed E-state index contributed by atoms with van der Waals surface area (Å²) in [6, 6.07) is 0. The van der Waals surface area contributed by atoms with E-state index in [-0.39, 0.29) is 5.54 Å². The molecule has 3 N–H and O–H groups in total. The Hall–Kier alpha value is -0.940. The molecule has 0 saturated heterocycles. The van der Waals surface area contributed by atoms with E-state index < -0.39 is 0 Å². The van der Waals surface area contributed by atoms with E-state index in [9.17, 15) is 0 Å². The van der Waals surface area contributed by atoms with Gasteiger partial charge in [0.2, 0.25) is 0 Å². The van der Waals surface area contributed by atoms with Crippen LogP contribution in [-0.4, -0.2) is 27.1 Å². The van der Waals surface area contributed by atoms with E-state index in [0.29, 0.717) is 6.54 Å². The molecule has 0 radical (unpaired) electrons. The summed E-state index contributed by atoms with van der Waals surface area (Å²) in [5.41, 5.74) is 6.41. The molecule has 0 atom stereocenters. The Morgan fingerprint density at radius 2 is 2.21 bits per heavy atom. The van der Waals surface area contributed by atoms with Crippen LogP contribution in [0, 0.1) is 0 Å². The van der Waals surface area contributed by atoms with Crippen molar-refractivity contribution in [2.75, 3.05) is 6.54 Å². The minimum Gasteiger partial charge on any atom is -0.325 e. The third-order valence-corrected chi connectivity index (χ3v) is 1.79. The molecule has 0 aliphatic rings. The molecule has 0 amide bonds. The van der Waals surface area contributed by atoms with E-state index in [1.54, 1.807) is 4.68 Å². The molecule has 0 unspecified atom stereocenters. The summed E-state index contributed by atoms with van der Waals surface area (Å²) in [5, 5.41) is 11.2. The van der Waals surface area contributed by atoms with Gasteiger partial charge in [0.1, 0.15) is 0 Å². The highest BCUT2D eigenvalue weighted by Crippen LogP contribution is 1.97. The molecule has 1 rings (SSSR count). The maximum absolute atomic E-state index is 5.43. The molecule has 1 aromatic heterocycles. The molecular formula is C9H19N5. The molecule has 0 aromatic carbocycles. The standard InChI is InChI=1S/C9H19N5/c1-9(2,3)11-4-5-14-7-8(6-10)12-13-14/h7,11H,4-6,10H2,1-3H3. The van der Waals surface area contributed by atoms with Crippen LogP contribution in [0.2, 0.25) is 0 Å². The van der Waals surface area contributed by atoms with Crippen LogP contribution in [0.15, 0.2) is 6.20 Å². The third kappa shape index (κ3) is 3.85. The van der Waals surface area contributed by atoms with Gasteiger partial charge in [-0.2, -0.15) is 0 Å². The summed E-state index contributed by atoms with van der Waals surface area (Å²) in [6.45, 7) is 8.58. The molecule has 1 aromatic rings. The Labute approximate surface area is 84.7 Å². The Morgan fingerprint density at radius 3 is 2.71 bits per heavy atom. The minimum absolute atomic E-state index is 0.150. The van der Waals surface area contributed by atoms with Gasteiger partial charge in [-0.25, -0.2) is 0 Å². The largest absolute Gasteiger partial charge is 0.325 e. The second-order valence-corrected chi connectivity index (χ2v) is 4.35. The number of hydrogen-bond donors (Lipinski definition) is 2. The average molecular weight is 197 g/mol. The van der Waals surface area contributed by atoms with Crippen molar-refractivity contribution in [3.8, 4) is 0 Å². The number of hydrogen-bond acceptors (Lipinski definition) is 4. The number of nitrogens with zero attached hydrogens (tertiary/aromatic N) is 3. The van der Waals surface area contributed by atoms with E-state index in [4.69, 9.17) is 5.73 Å². The van der Waals surface area contributed by atoms with E-state index in [2.05, 4.69) is 36.4 Å². The fraction of sp³-hybridized carbons (Fsp3) is 0.778.